The normalized spacial score (nSPS) is 9.35. The molecule has 0 bridgehead atoms. The van der Waals surface area contributed by atoms with Crippen LogP contribution in [-0.2, 0) is 4.74 Å². The molecule has 1 N–H and O–H groups in total. The van der Waals surface area contributed by atoms with E-state index in [9.17, 15) is 4.79 Å². The third-order valence-corrected chi connectivity index (χ3v) is 1.33. The molecule has 0 saturated carbocycles. The van der Waals surface area contributed by atoms with Gasteiger partial charge in [0.15, 0.2) is 0 Å². The molecule has 0 aliphatic carbocycles. The monoisotopic (exact) mass is 235 g/mol. The van der Waals surface area contributed by atoms with E-state index in [4.69, 9.17) is 10.00 Å². The van der Waals surface area contributed by atoms with Crippen molar-refractivity contribution in [2.24, 2.45) is 0 Å². The van der Waals surface area contributed by atoms with Gasteiger partial charge in [-0.25, -0.2) is 4.79 Å². The first-order chi connectivity index (χ1) is 7.89. The molecule has 0 spiro atoms. The number of hydrogen-bond acceptors (Lipinski definition) is 4. The zero-order valence-electron chi connectivity index (χ0n) is 10.5. The maximum atomic E-state index is 11.3. The minimum Gasteiger partial charge on any atom is -0.444 e. The zero-order valence-corrected chi connectivity index (χ0v) is 10.5. The lowest BCUT2D eigenvalue weighted by Gasteiger charge is -2.19. The Labute approximate surface area is 101 Å². The van der Waals surface area contributed by atoms with E-state index >= 15 is 0 Å². The Morgan fingerprint density at radius 1 is 1.41 bits per heavy atom. The summed E-state index contributed by atoms with van der Waals surface area (Å²) >= 11 is 0. The van der Waals surface area contributed by atoms with Gasteiger partial charge in [0, 0.05) is 25.0 Å². The number of anilines is 1. The lowest BCUT2D eigenvalue weighted by atomic mass is 10.2. The number of rotatable bonds is 1. The van der Waals surface area contributed by atoms with Crippen molar-refractivity contribution in [2.45, 2.75) is 33.3 Å². The molecule has 1 amide bonds. The fraction of sp³-hybridized carbons (Fsp3) is 0.417. The molecule has 0 aliphatic rings. The third-order valence-electron chi connectivity index (χ3n) is 1.33. The maximum Gasteiger partial charge on any atom is 0.412 e. The number of aromatic nitrogens is 1. The van der Waals surface area contributed by atoms with Crippen molar-refractivity contribution in [2.75, 3.05) is 5.32 Å². The fourth-order valence-electron chi connectivity index (χ4n) is 0.857. The van der Waals surface area contributed by atoms with Gasteiger partial charge < -0.3 is 4.74 Å². The molecule has 0 radical (unpaired) electrons. The second-order valence-corrected chi connectivity index (χ2v) is 4.09. The van der Waals surface area contributed by atoms with E-state index in [1.165, 1.54) is 6.92 Å². The van der Waals surface area contributed by atoms with Gasteiger partial charge in [-0.1, -0.05) is 0 Å². The van der Waals surface area contributed by atoms with E-state index in [2.05, 4.69) is 10.3 Å². The van der Waals surface area contributed by atoms with Crippen LogP contribution in [0.4, 0.5) is 10.5 Å². The van der Waals surface area contributed by atoms with Crippen molar-refractivity contribution in [1.82, 2.24) is 4.98 Å². The predicted octanol–water partition coefficient (Wildman–Crippen LogP) is 2.96. The van der Waals surface area contributed by atoms with E-state index in [1.54, 1.807) is 30.6 Å². The summed E-state index contributed by atoms with van der Waals surface area (Å²) in [6, 6.07) is 5.15. The summed E-state index contributed by atoms with van der Waals surface area (Å²) in [7, 11) is 0. The molecule has 0 aromatic carbocycles. The Hall–Kier alpha value is -2.09. The molecule has 0 unspecified atom stereocenters. The first-order valence-electron chi connectivity index (χ1n) is 5.10. The molecule has 0 fully saturated rings. The molecule has 1 heterocycles. The number of nitrogens with one attached hydrogen (secondary N) is 1. The van der Waals surface area contributed by atoms with E-state index in [0.29, 0.717) is 5.69 Å². The summed E-state index contributed by atoms with van der Waals surface area (Å²) in [6.07, 6.45) is 2.75. The van der Waals surface area contributed by atoms with Crippen molar-refractivity contribution in [3.8, 4) is 6.07 Å². The number of nitrogens with zero attached hydrogens (tertiary/aromatic N) is 2. The van der Waals surface area contributed by atoms with E-state index in [1.807, 2.05) is 20.8 Å². The van der Waals surface area contributed by atoms with Gasteiger partial charge in [0.25, 0.3) is 0 Å². The van der Waals surface area contributed by atoms with Crippen LogP contribution >= 0.6 is 0 Å². The largest absolute Gasteiger partial charge is 0.444 e. The van der Waals surface area contributed by atoms with Gasteiger partial charge in [-0.3, -0.25) is 10.3 Å². The van der Waals surface area contributed by atoms with Gasteiger partial charge in [-0.2, -0.15) is 5.26 Å². The van der Waals surface area contributed by atoms with Crippen LogP contribution in [0.1, 0.15) is 27.7 Å². The molecule has 0 aliphatic heterocycles. The Balaban J connectivity index is 0.000000770. The highest BCUT2D eigenvalue weighted by Gasteiger charge is 2.15. The highest BCUT2D eigenvalue weighted by Crippen LogP contribution is 2.10. The van der Waals surface area contributed by atoms with E-state index in [0.717, 1.165) is 0 Å². The molecule has 1 rings (SSSR count). The SMILES string of the molecule is CC#N.CC(C)(C)OC(=O)Nc1ccncc1. The highest BCUT2D eigenvalue weighted by molar-refractivity contribution is 5.84. The quantitative estimate of drug-likeness (QED) is 0.812. The van der Waals surface area contributed by atoms with Crippen LogP contribution in [0.5, 0.6) is 0 Å². The van der Waals surface area contributed by atoms with Gasteiger partial charge >= 0.3 is 6.09 Å². The number of carbonyl (C=O) groups is 1. The number of carbonyl (C=O) groups excluding carboxylic acids is 1. The minimum atomic E-state index is -0.475. The first kappa shape index (κ1) is 14.9. The Bertz CT molecular complexity index is 377. The second kappa shape index (κ2) is 7.23. The van der Waals surface area contributed by atoms with E-state index < -0.39 is 11.7 Å². The molecule has 1 aromatic heterocycles. The van der Waals surface area contributed by atoms with Gasteiger partial charge in [-0.05, 0) is 32.9 Å². The number of nitriles is 1. The molecule has 5 heteroatoms. The smallest absolute Gasteiger partial charge is 0.412 e. The van der Waals surface area contributed by atoms with Crippen molar-refractivity contribution in [3.63, 3.8) is 0 Å². The summed E-state index contributed by atoms with van der Waals surface area (Å²) < 4.78 is 5.07. The summed E-state index contributed by atoms with van der Waals surface area (Å²) in [4.78, 5) is 15.1. The predicted molar refractivity (Wildman–Crippen MR) is 65.4 cm³/mol. The van der Waals surface area contributed by atoms with Crippen molar-refractivity contribution >= 4 is 11.8 Å². The molecule has 92 valence electrons. The lowest BCUT2D eigenvalue weighted by Crippen LogP contribution is -2.27. The van der Waals surface area contributed by atoms with Gasteiger partial charge in [0.05, 0.1) is 6.07 Å². The average molecular weight is 235 g/mol. The van der Waals surface area contributed by atoms with Crippen LogP contribution in [-0.4, -0.2) is 16.7 Å². The van der Waals surface area contributed by atoms with Gasteiger partial charge in [0.1, 0.15) is 5.60 Å². The van der Waals surface area contributed by atoms with Crippen LogP contribution in [0.15, 0.2) is 24.5 Å². The fourth-order valence-corrected chi connectivity index (χ4v) is 0.857. The summed E-state index contributed by atoms with van der Waals surface area (Å²) in [6.45, 7) is 6.89. The molecular weight excluding hydrogens is 218 g/mol. The number of ether oxygens (including phenoxy) is 1. The second-order valence-electron chi connectivity index (χ2n) is 4.09. The van der Waals surface area contributed by atoms with Gasteiger partial charge in [0.2, 0.25) is 0 Å². The van der Waals surface area contributed by atoms with Crippen molar-refractivity contribution in [3.05, 3.63) is 24.5 Å². The Morgan fingerprint density at radius 3 is 2.29 bits per heavy atom. The maximum absolute atomic E-state index is 11.3. The molecular formula is C12H17N3O2. The minimum absolute atomic E-state index is 0.455. The summed E-state index contributed by atoms with van der Waals surface area (Å²) in [5.74, 6) is 0. The third kappa shape index (κ3) is 8.88. The zero-order chi connectivity index (χ0) is 13.3. The molecule has 17 heavy (non-hydrogen) atoms. The highest BCUT2D eigenvalue weighted by atomic mass is 16.6. The van der Waals surface area contributed by atoms with Crippen molar-refractivity contribution < 1.29 is 9.53 Å². The van der Waals surface area contributed by atoms with Crippen LogP contribution in [0, 0.1) is 11.3 Å². The van der Waals surface area contributed by atoms with Crippen molar-refractivity contribution in [1.29, 1.82) is 5.26 Å². The summed E-state index contributed by atoms with van der Waals surface area (Å²) in [5.41, 5.74) is 0.200. The molecule has 5 nitrogen and oxygen atoms in total. The van der Waals surface area contributed by atoms with E-state index in [-0.39, 0.29) is 0 Å². The number of hydrogen-bond donors (Lipinski definition) is 1. The number of amides is 1. The molecule has 1 aromatic rings. The average Bonchev–Trinajstić information content (AvgIpc) is 2.17. The van der Waals surface area contributed by atoms with Crippen LogP contribution in [0.2, 0.25) is 0 Å². The van der Waals surface area contributed by atoms with Crippen LogP contribution in [0.3, 0.4) is 0 Å². The van der Waals surface area contributed by atoms with Crippen LogP contribution in [0.25, 0.3) is 0 Å². The number of pyridine rings is 1. The molecule has 0 saturated heterocycles. The van der Waals surface area contributed by atoms with Gasteiger partial charge in [-0.15, -0.1) is 0 Å². The topological polar surface area (TPSA) is 75.0 Å². The standard InChI is InChI=1S/C10H14N2O2.C2H3N/c1-10(2,3)14-9(13)12-8-4-6-11-7-5-8;1-2-3/h4-7H,1-3H3,(H,11,12,13);1H3. The summed E-state index contributed by atoms with van der Waals surface area (Å²) in [5, 5.41) is 9.92. The van der Waals surface area contributed by atoms with Crippen LogP contribution < -0.4 is 5.32 Å². The molecule has 0 atom stereocenters. The Morgan fingerprint density at radius 2 is 1.88 bits per heavy atom. The lowest BCUT2D eigenvalue weighted by molar-refractivity contribution is 0.0636. The Kier molecular flexibility index (Phi) is 6.34. The first-order valence-corrected chi connectivity index (χ1v) is 5.10.